The number of nitrogens with one attached hydrogen (secondary N) is 3. The number of rotatable bonds is 14. The molecular weight excluding hydrogens is 613 g/mol. The molecule has 3 atom stereocenters. The van der Waals surface area contributed by atoms with E-state index in [1.54, 1.807) is 0 Å². The van der Waals surface area contributed by atoms with Gasteiger partial charge in [-0.2, -0.15) is 0 Å². The van der Waals surface area contributed by atoms with Gasteiger partial charge in [-0.1, -0.05) is 84.9 Å². The van der Waals surface area contributed by atoms with Crippen molar-refractivity contribution in [3.63, 3.8) is 0 Å². The normalized spacial score (nSPS) is 16.6. The number of alkyl carbamates (subject to hydrolysis) is 1. The van der Waals surface area contributed by atoms with E-state index in [2.05, 4.69) is 15.6 Å². The number of morpholine rings is 1. The van der Waals surface area contributed by atoms with Crippen LogP contribution < -0.4 is 16.2 Å². The van der Waals surface area contributed by atoms with Gasteiger partial charge in [0.2, 0.25) is 5.56 Å². The molecule has 250 valence electrons. The summed E-state index contributed by atoms with van der Waals surface area (Å²) in [6.45, 7) is 0.977. The van der Waals surface area contributed by atoms with Crippen molar-refractivity contribution in [1.29, 1.82) is 0 Å². The zero-order valence-electron chi connectivity index (χ0n) is 26.8. The minimum Gasteiger partial charge on any atom is -0.453 e. The maximum atomic E-state index is 14.1. The summed E-state index contributed by atoms with van der Waals surface area (Å²) in [4.78, 5) is 52.9. The van der Waals surface area contributed by atoms with Crippen molar-refractivity contribution < 1.29 is 28.2 Å². The summed E-state index contributed by atoms with van der Waals surface area (Å²) in [7, 11) is 1.28. The Labute approximate surface area is 278 Å². The summed E-state index contributed by atoms with van der Waals surface area (Å²) < 4.78 is 25.0. The smallest absolute Gasteiger partial charge is 0.407 e. The van der Waals surface area contributed by atoms with Gasteiger partial charge in [0.05, 0.1) is 19.8 Å². The van der Waals surface area contributed by atoms with Gasteiger partial charge in [0, 0.05) is 37.4 Å². The second-order valence-electron chi connectivity index (χ2n) is 11.9. The lowest BCUT2D eigenvalue weighted by Gasteiger charge is -2.30. The van der Waals surface area contributed by atoms with E-state index in [9.17, 15) is 23.6 Å². The molecule has 1 aromatic heterocycles. The SMILES string of the molecule is COC(=O)N[C@H](C(=O)Cc1ccccc1CC[C@@H]1CN[C@H](CCC(=O)c2[nH]c(=O)ccc2F)CO1)C(c1ccccc1)c1ccccc1. The van der Waals surface area contributed by atoms with Crippen molar-refractivity contribution in [3.05, 3.63) is 141 Å². The van der Waals surface area contributed by atoms with Crippen molar-refractivity contribution in [2.75, 3.05) is 20.3 Å². The number of hydrogen-bond donors (Lipinski definition) is 3. The predicted octanol–water partition coefficient (Wildman–Crippen LogP) is 5.14. The summed E-state index contributed by atoms with van der Waals surface area (Å²) in [6, 6.07) is 28.2. The number of aryl methyl sites for hydroxylation is 1. The van der Waals surface area contributed by atoms with Crippen LogP contribution in [0.1, 0.15) is 57.9 Å². The van der Waals surface area contributed by atoms with E-state index < -0.39 is 35.2 Å². The minimum atomic E-state index is -0.872. The number of aromatic amines is 1. The summed E-state index contributed by atoms with van der Waals surface area (Å²) >= 11 is 0. The molecule has 10 heteroatoms. The fraction of sp³-hybridized carbons (Fsp3) is 0.316. The molecule has 0 saturated carbocycles. The Bertz CT molecular complexity index is 1700. The Morgan fingerprint density at radius 3 is 2.17 bits per heavy atom. The number of benzene rings is 3. The molecule has 1 aliphatic rings. The fourth-order valence-electron chi connectivity index (χ4n) is 6.15. The van der Waals surface area contributed by atoms with Crippen LogP contribution in [0.3, 0.4) is 0 Å². The van der Waals surface area contributed by atoms with Gasteiger partial charge >= 0.3 is 6.09 Å². The van der Waals surface area contributed by atoms with Crippen molar-refractivity contribution in [2.45, 2.75) is 56.2 Å². The number of pyridine rings is 1. The van der Waals surface area contributed by atoms with Crippen molar-refractivity contribution >= 4 is 17.7 Å². The molecule has 1 saturated heterocycles. The average Bonchev–Trinajstić information content (AvgIpc) is 3.12. The first-order chi connectivity index (χ1) is 23.3. The number of amides is 1. The average molecular weight is 654 g/mol. The molecule has 5 rings (SSSR count). The molecule has 2 heterocycles. The quantitative estimate of drug-likeness (QED) is 0.161. The molecule has 0 bridgehead atoms. The van der Waals surface area contributed by atoms with E-state index in [-0.39, 0.29) is 36.5 Å². The van der Waals surface area contributed by atoms with E-state index in [0.29, 0.717) is 32.4 Å². The Morgan fingerprint density at radius 1 is 0.896 bits per heavy atom. The first-order valence-electron chi connectivity index (χ1n) is 16.1. The number of aromatic nitrogens is 1. The van der Waals surface area contributed by atoms with Gasteiger partial charge < -0.3 is 25.1 Å². The third-order valence-electron chi connectivity index (χ3n) is 8.71. The number of halogens is 1. The number of methoxy groups -OCH3 is 1. The molecule has 3 N–H and O–H groups in total. The lowest BCUT2D eigenvalue weighted by atomic mass is 9.81. The Balaban J connectivity index is 1.21. The first kappa shape index (κ1) is 34.4. The lowest BCUT2D eigenvalue weighted by molar-refractivity contribution is -0.120. The summed E-state index contributed by atoms with van der Waals surface area (Å²) in [5.41, 5.74) is 2.89. The molecule has 48 heavy (non-hydrogen) atoms. The molecule has 1 aliphatic heterocycles. The van der Waals surface area contributed by atoms with Crippen molar-refractivity contribution in [1.82, 2.24) is 15.6 Å². The number of ketones is 2. The number of ether oxygens (including phenoxy) is 2. The van der Waals surface area contributed by atoms with Gasteiger partial charge in [-0.15, -0.1) is 0 Å². The predicted molar refractivity (Wildman–Crippen MR) is 180 cm³/mol. The van der Waals surface area contributed by atoms with Crippen molar-refractivity contribution in [3.8, 4) is 0 Å². The Hall–Kier alpha value is -4.93. The summed E-state index contributed by atoms with van der Waals surface area (Å²) in [5.74, 6) is -1.76. The standard InChI is InChI=1S/C38H40FN3O6/c1-47-38(46)42-37(35(26-11-4-2-5-12-26)27-13-6-3-7-14-27)33(44)22-28-15-9-8-10-25(28)16-18-30-23-40-29(24-48-30)17-20-32(43)36-31(39)19-21-34(45)41-36/h2-15,19,21,29-30,35,37,40H,16-18,20,22-24H2,1H3,(H,41,45)(H,42,46)/t29-,30-,37-/m1/s1. The molecule has 1 fully saturated rings. The van der Waals surface area contributed by atoms with E-state index in [4.69, 9.17) is 9.47 Å². The third-order valence-corrected chi connectivity index (χ3v) is 8.71. The number of carbonyl (C=O) groups is 3. The van der Waals surface area contributed by atoms with Crippen LogP contribution in [0, 0.1) is 5.82 Å². The highest BCUT2D eigenvalue weighted by molar-refractivity contribution is 5.94. The van der Waals surface area contributed by atoms with Gasteiger partial charge in [0.15, 0.2) is 17.4 Å². The number of H-pyrrole nitrogens is 1. The number of Topliss-reactive ketones (excluding diaryl/α,β-unsaturated/α-hetero) is 2. The Morgan fingerprint density at radius 2 is 1.54 bits per heavy atom. The molecule has 0 radical (unpaired) electrons. The second kappa shape index (κ2) is 16.8. The van der Waals surface area contributed by atoms with E-state index in [1.807, 2.05) is 84.9 Å². The Kier molecular flexibility index (Phi) is 12.0. The highest BCUT2D eigenvalue weighted by atomic mass is 19.1. The zero-order valence-corrected chi connectivity index (χ0v) is 26.8. The topological polar surface area (TPSA) is 127 Å². The molecule has 4 aromatic rings. The van der Waals surface area contributed by atoms with Gasteiger partial charge in [-0.25, -0.2) is 9.18 Å². The fourth-order valence-corrected chi connectivity index (χ4v) is 6.15. The van der Waals surface area contributed by atoms with Crippen LogP contribution >= 0.6 is 0 Å². The lowest BCUT2D eigenvalue weighted by Crippen LogP contribution is -2.46. The van der Waals surface area contributed by atoms with Crippen LogP contribution in [0.2, 0.25) is 0 Å². The number of hydrogen-bond acceptors (Lipinski definition) is 7. The molecule has 0 unspecified atom stereocenters. The van der Waals surface area contributed by atoms with Gasteiger partial charge in [-0.05, 0) is 47.6 Å². The van der Waals surface area contributed by atoms with Gasteiger partial charge in [0.25, 0.3) is 0 Å². The van der Waals surface area contributed by atoms with Crippen LogP contribution in [0.25, 0.3) is 0 Å². The number of carbonyl (C=O) groups excluding carboxylic acids is 3. The van der Waals surface area contributed by atoms with Crippen molar-refractivity contribution in [2.24, 2.45) is 0 Å². The second-order valence-corrected chi connectivity index (χ2v) is 11.9. The van der Waals surface area contributed by atoms with Crippen LogP contribution in [0.5, 0.6) is 0 Å². The van der Waals surface area contributed by atoms with E-state index in [0.717, 1.165) is 34.4 Å². The van der Waals surface area contributed by atoms with E-state index in [1.165, 1.54) is 7.11 Å². The zero-order chi connectivity index (χ0) is 33.9. The summed E-state index contributed by atoms with van der Waals surface area (Å²) in [5, 5.41) is 6.25. The van der Waals surface area contributed by atoms with Gasteiger partial charge in [0.1, 0.15) is 11.7 Å². The molecule has 0 spiro atoms. The van der Waals surface area contributed by atoms with Crippen LogP contribution in [0.4, 0.5) is 9.18 Å². The molecule has 3 aromatic carbocycles. The van der Waals surface area contributed by atoms with Crippen LogP contribution in [-0.4, -0.2) is 61.1 Å². The highest BCUT2D eigenvalue weighted by Crippen LogP contribution is 2.30. The van der Waals surface area contributed by atoms with Gasteiger partial charge in [-0.3, -0.25) is 14.4 Å². The molecule has 0 aliphatic carbocycles. The molecule has 1 amide bonds. The summed E-state index contributed by atoms with van der Waals surface area (Å²) in [6.07, 6.45) is 1.28. The minimum absolute atomic E-state index is 0.0714. The third kappa shape index (κ3) is 9.11. The maximum absolute atomic E-state index is 14.1. The maximum Gasteiger partial charge on any atom is 0.407 e. The largest absolute Gasteiger partial charge is 0.453 e. The van der Waals surface area contributed by atoms with Crippen LogP contribution in [0.15, 0.2) is 102 Å². The highest BCUT2D eigenvalue weighted by Gasteiger charge is 2.33. The molecular formula is C38H40FN3O6. The first-order valence-corrected chi connectivity index (χ1v) is 16.1. The van der Waals surface area contributed by atoms with E-state index >= 15 is 0 Å². The van der Waals surface area contributed by atoms with Crippen LogP contribution in [-0.2, 0) is 27.1 Å². The molecule has 9 nitrogen and oxygen atoms in total. The monoisotopic (exact) mass is 653 g/mol.